The van der Waals surface area contributed by atoms with Crippen molar-refractivity contribution >= 4 is 5.97 Å². The maximum atomic E-state index is 11.3. The van der Waals surface area contributed by atoms with Crippen molar-refractivity contribution in [1.82, 2.24) is 10.1 Å². The van der Waals surface area contributed by atoms with Crippen molar-refractivity contribution in [2.45, 2.75) is 20.8 Å². The van der Waals surface area contributed by atoms with Crippen molar-refractivity contribution in [3.05, 3.63) is 34.7 Å². The molecular weight excluding hydrogens is 232 g/mol. The molecule has 0 saturated heterocycles. The number of carbonyl (C=O) groups is 1. The van der Waals surface area contributed by atoms with E-state index in [0.29, 0.717) is 5.82 Å². The Morgan fingerprint density at radius 1 is 1.22 bits per heavy atom. The Hall–Kier alpha value is -2.17. The van der Waals surface area contributed by atoms with Crippen LogP contribution in [0.1, 0.15) is 27.4 Å². The van der Waals surface area contributed by atoms with Gasteiger partial charge in [0.1, 0.15) is 0 Å². The minimum absolute atomic E-state index is 0.133. The van der Waals surface area contributed by atoms with E-state index >= 15 is 0 Å². The highest BCUT2D eigenvalue weighted by Crippen LogP contribution is 2.26. The Bertz CT molecular complexity index is 579. The first kappa shape index (κ1) is 12.3. The van der Waals surface area contributed by atoms with Crippen molar-refractivity contribution in [2.75, 3.05) is 7.11 Å². The lowest BCUT2D eigenvalue weighted by molar-refractivity contribution is 0.0545. The Morgan fingerprint density at radius 3 is 2.39 bits per heavy atom. The number of methoxy groups -OCH3 is 1. The molecular formula is C13H14N2O3. The third-order valence-corrected chi connectivity index (χ3v) is 2.69. The van der Waals surface area contributed by atoms with Crippen LogP contribution in [0, 0.1) is 20.8 Å². The smallest absolute Gasteiger partial charge is 0.397 e. The van der Waals surface area contributed by atoms with E-state index in [1.807, 2.05) is 32.9 Å². The second kappa shape index (κ2) is 4.60. The molecule has 0 unspecified atom stereocenters. The van der Waals surface area contributed by atoms with Crippen molar-refractivity contribution in [2.24, 2.45) is 0 Å². The normalized spacial score (nSPS) is 10.4. The predicted molar refractivity (Wildman–Crippen MR) is 65.3 cm³/mol. The third-order valence-electron chi connectivity index (χ3n) is 2.69. The van der Waals surface area contributed by atoms with E-state index in [4.69, 9.17) is 4.52 Å². The Kier molecular flexibility index (Phi) is 3.14. The molecule has 18 heavy (non-hydrogen) atoms. The average molecular weight is 246 g/mol. The fourth-order valence-corrected chi connectivity index (χ4v) is 2.03. The first-order valence-corrected chi connectivity index (χ1v) is 5.53. The summed E-state index contributed by atoms with van der Waals surface area (Å²) in [7, 11) is 1.27. The van der Waals surface area contributed by atoms with Crippen molar-refractivity contribution < 1.29 is 14.1 Å². The first-order chi connectivity index (χ1) is 8.52. The number of ether oxygens (including phenoxy) is 1. The standard InChI is InChI=1S/C13H14N2O3/c1-7-5-8(2)10(9(3)6-7)11-14-12(18-15-11)13(16)17-4/h5-6H,1-4H3. The van der Waals surface area contributed by atoms with Crippen molar-refractivity contribution in [1.29, 1.82) is 0 Å². The number of hydrogen-bond acceptors (Lipinski definition) is 5. The van der Waals surface area contributed by atoms with Gasteiger partial charge in [0.05, 0.1) is 7.11 Å². The van der Waals surface area contributed by atoms with Gasteiger partial charge in [-0.2, -0.15) is 4.98 Å². The van der Waals surface area contributed by atoms with Crippen LogP contribution in [-0.2, 0) is 4.74 Å². The van der Waals surface area contributed by atoms with Crippen molar-refractivity contribution in [3.8, 4) is 11.4 Å². The summed E-state index contributed by atoms with van der Waals surface area (Å²) in [6.07, 6.45) is 0. The molecule has 0 saturated carbocycles. The summed E-state index contributed by atoms with van der Waals surface area (Å²) >= 11 is 0. The molecule has 0 aliphatic heterocycles. The molecule has 0 bridgehead atoms. The zero-order chi connectivity index (χ0) is 13.3. The lowest BCUT2D eigenvalue weighted by Gasteiger charge is -2.06. The highest BCUT2D eigenvalue weighted by atomic mass is 16.6. The Morgan fingerprint density at radius 2 is 1.83 bits per heavy atom. The van der Waals surface area contributed by atoms with Gasteiger partial charge in [-0.25, -0.2) is 4.79 Å². The molecule has 0 fully saturated rings. The summed E-state index contributed by atoms with van der Waals surface area (Å²) in [5, 5.41) is 3.82. The first-order valence-electron chi connectivity index (χ1n) is 5.53. The minimum atomic E-state index is -0.629. The largest absolute Gasteiger partial charge is 0.462 e. The summed E-state index contributed by atoms with van der Waals surface area (Å²) in [6.45, 7) is 5.98. The zero-order valence-corrected chi connectivity index (χ0v) is 10.8. The molecule has 0 aliphatic rings. The maximum absolute atomic E-state index is 11.3. The monoisotopic (exact) mass is 246 g/mol. The second-order valence-electron chi connectivity index (χ2n) is 4.19. The quantitative estimate of drug-likeness (QED) is 0.761. The molecule has 94 valence electrons. The summed E-state index contributed by atoms with van der Waals surface area (Å²) < 4.78 is 9.41. The molecule has 1 heterocycles. The number of aryl methyl sites for hydroxylation is 3. The Balaban J connectivity index is 2.49. The minimum Gasteiger partial charge on any atom is -0.462 e. The van der Waals surface area contributed by atoms with Crippen molar-refractivity contribution in [3.63, 3.8) is 0 Å². The number of aromatic nitrogens is 2. The van der Waals surface area contributed by atoms with Crippen LogP contribution in [0.25, 0.3) is 11.4 Å². The van der Waals surface area contributed by atoms with Gasteiger partial charge < -0.3 is 9.26 Å². The highest BCUT2D eigenvalue weighted by Gasteiger charge is 2.18. The third kappa shape index (κ3) is 2.11. The number of rotatable bonds is 2. The molecule has 0 amide bonds. The molecule has 1 aromatic heterocycles. The SMILES string of the molecule is COC(=O)c1nc(-c2c(C)cc(C)cc2C)no1. The van der Waals surface area contributed by atoms with E-state index in [1.54, 1.807) is 0 Å². The number of nitrogens with zero attached hydrogens (tertiary/aromatic N) is 2. The lowest BCUT2D eigenvalue weighted by Crippen LogP contribution is -2.01. The summed E-state index contributed by atoms with van der Waals surface area (Å²) in [5.41, 5.74) is 4.15. The number of hydrogen-bond donors (Lipinski definition) is 0. The van der Waals surface area contributed by atoms with Gasteiger partial charge in [-0.3, -0.25) is 0 Å². The van der Waals surface area contributed by atoms with Crippen LogP contribution in [-0.4, -0.2) is 23.2 Å². The molecule has 2 aromatic rings. The molecule has 5 nitrogen and oxygen atoms in total. The number of carbonyl (C=O) groups excluding carboxylic acids is 1. The van der Waals surface area contributed by atoms with E-state index in [2.05, 4.69) is 14.9 Å². The highest BCUT2D eigenvalue weighted by molar-refractivity contribution is 5.84. The fourth-order valence-electron chi connectivity index (χ4n) is 2.03. The van der Waals surface area contributed by atoms with Crippen LogP contribution < -0.4 is 0 Å². The molecule has 0 N–H and O–H groups in total. The van der Waals surface area contributed by atoms with E-state index in [1.165, 1.54) is 12.7 Å². The van der Waals surface area contributed by atoms with E-state index < -0.39 is 5.97 Å². The molecule has 1 aromatic carbocycles. The van der Waals surface area contributed by atoms with Crippen LogP contribution in [0.4, 0.5) is 0 Å². The maximum Gasteiger partial charge on any atom is 0.397 e. The van der Waals surface area contributed by atoms with Gasteiger partial charge in [0, 0.05) is 5.56 Å². The lowest BCUT2D eigenvalue weighted by atomic mass is 9.99. The Labute approximate surface area is 105 Å². The van der Waals surface area contributed by atoms with E-state index in [0.717, 1.165) is 16.7 Å². The zero-order valence-electron chi connectivity index (χ0n) is 10.8. The summed E-state index contributed by atoms with van der Waals surface area (Å²) in [6, 6.07) is 4.08. The number of esters is 1. The average Bonchev–Trinajstić information content (AvgIpc) is 2.76. The van der Waals surface area contributed by atoms with Crippen LogP contribution in [0.15, 0.2) is 16.7 Å². The van der Waals surface area contributed by atoms with Gasteiger partial charge in [-0.05, 0) is 31.9 Å². The fraction of sp³-hybridized carbons (Fsp3) is 0.308. The van der Waals surface area contributed by atoms with Gasteiger partial charge >= 0.3 is 11.9 Å². The summed E-state index contributed by atoms with van der Waals surface area (Å²) in [4.78, 5) is 15.3. The van der Waals surface area contributed by atoms with Crippen LogP contribution in [0.3, 0.4) is 0 Å². The summed E-state index contributed by atoms with van der Waals surface area (Å²) in [5.74, 6) is -0.353. The number of benzene rings is 1. The van der Waals surface area contributed by atoms with Gasteiger partial charge in [0.2, 0.25) is 5.82 Å². The van der Waals surface area contributed by atoms with E-state index in [-0.39, 0.29) is 5.89 Å². The molecule has 0 spiro atoms. The van der Waals surface area contributed by atoms with Gasteiger partial charge in [0.25, 0.3) is 0 Å². The molecule has 5 heteroatoms. The predicted octanol–water partition coefficient (Wildman–Crippen LogP) is 2.45. The molecule has 2 rings (SSSR count). The van der Waals surface area contributed by atoms with Crippen LogP contribution in [0.2, 0.25) is 0 Å². The second-order valence-corrected chi connectivity index (χ2v) is 4.19. The van der Waals surface area contributed by atoms with Crippen LogP contribution >= 0.6 is 0 Å². The molecule has 0 atom stereocenters. The van der Waals surface area contributed by atoms with Crippen LogP contribution in [0.5, 0.6) is 0 Å². The topological polar surface area (TPSA) is 65.2 Å². The van der Waals surface area contributed by atoms with Gasteiger partial charge in [0.15, 0.2) is 0 Å². The van der Waals surface area contributed by atoms with E-state index in [9.17, 15) is 4.79 Å². The molecule has 0 aliphatic carbocycles. The van der Waals surface area contributed by atoms with Gasteiger partial charge in [-0.15, -0.1) is 0 Å². The molecule has 0 radical (unpaired) electrons. The van der Waals surface area contributed by atoms with Gasteiger partial charge in [-0.1, -0.05) is 22.9 Å².